The van der Waals surface area contributed by atoms with E-state index >= 15 is 0 Å². The van der Waals surface area contributed by atoms with Crippen LogP contribution < -0.4 is 0 Å². The lowest BCUT2D eigenvalue weighted by atomic mass is 10.1. The molecule has 1 aromatic heterocycles. The fourth-order valence-electron chi connectivity index (χ4n) is 2.51. The highest BCUT2D eigenvalue weighted by atomic mass is 16.6. The third-order valence-corrected chi connectivity index (χ3v) is 3.66. The van der Waals surface area contributed by atoms with Crippen molar-refractivity contribution < 1.29 is 14.5 Å². The van der Waals surface area contributed by atoms with Crippen LogP contribution in [0, 0.1) is 10.1 Å². The number of aromatic nitrogens is 1. The summed E-state index contributed by atoms with van der Waals surface area (Å²) in [5.74, 6) is -0.182. The lowest BCUT2D eigenvalue weighted by Gasteiger charge is -2.05. The van der Waals surface area contributed by atoms with Crippen LogP contribution in [0.2, 0.25) is 0 Å². The number of para-hydroxylation sites is 1. The van der Waals surface area contributed by atoms with Crippen molar-refractivity contribution >= 4 is 28.7 Å². The summed E-state index contributed by atoms with van der Waals surface area (Å²) >= 11 is 0. The molecule has 114 valence electrons. The van der Waals surface area contributed by atoms with E-state index in [1.54, 1.807) is 10.8 Å². The van der Waals surface area contributed by atoms with Crippen molar-refractivity contribution in [2.24, 2.45) is 0 Å². The largest absolute Gasteiger partial charge is 0.339 e. The number of ketones is 1. The first-order valence-corrected chi connectivity index (χ1v) is 6.91. The van der Waals surface area contributed by atoms with Crippen molar-refractivity contribution in [2.75, 3.05) is 0 Å². The molecular formula is C17H12N2O4. The minimum absolute atomic E-state index is 0.0591. The zero-order chi connectivity index (χ0) is 16.4. The molecule has 0 aliphatic rings. The van der Waals surface area contributed by atoms with Crippen LogP contribution in [0.15, 0.2) is 54.7 Å². The molecule has 6 nitrogen and oxygen atoms in total. The summed E-state index contributed by atoms with van der Waals surface area (Å²) in [7, 11) is 0. The van der Waals surface area contributed by atoms with Gasteiger partial charge in [-0.1, -0.05) is 18.2 Å². The number of nitrogens with zero attached hydrogens (tertiary/aromatic N) is 2. The zero-order valence-electron chi connectivity index (χ0n) is 12.0. The summed E-state index contributed by atoms with van der Waals surface area (Å²) in [4.78, 5) is 33.6. The number of nitro groups is 1. The molecule has 0 N–H and O–H groups in total. The smallest absolute Gasteiger partial charge is 0.269 e. The van der Waals surface area contributed by atoms with Crippen molar-refractivity contribution in [1.82, 2.24) is 4.57 Å². The minimum Gasteiger partial charge on any atom is -0.339 e. The second-order valence-electron chi connectivity index (χ2n) is 5.07. The van der Waals surface area contributed by atoms with E-state index in [9.17, 15) is 19.7 Å². The minimum atomic E-state index is -0.510. The monoisotopic (exact) mass is 308 g/mol. The number of non-ortho nitro benzene ring substituents is 1. The number of rotatable bonds is 5. The molecule has 1 heterocycles. The summed E-state index contributed by atoms with van der Waals surface area (Å²) in [6.45, 7) is 0.0617. The first-order valence-electron chi connectivity index (χ1n) is 6.91. The van der Waals surface area contributed by atoms with E-state index in [4.69, 9.17) is 0 Å². The highest BCUT2D eigenvalue weighted by Crippen LogP contribution is 2.21. The van der Waals surface area contributed by atoms with E-state index in [0.29, 0.717) is 11.1 Å². The normalized spacial score (nSPS) is 10.6. The van der Waals surface area contributed by atoms with Crippen LogP contribution in [-0.2, 0) is 6.54 Å². The molecule has 23 heavy (non-hydrogen) atoms. The molecule has 0 amide bonds. The quantitative estimate of drug-likeness (QED) is 0.313. The van der Waals surface area contributed by atoms with Crippen LogP contribution in [-0.4, -0.2) is 21.6 Å². The molecule has 0 atom stereocenters. The number of hydrogen-bond acceptors (Lipinski definition) is 4. The van der Waals surface area contributed by atoms with E-state index in [1.165, 1.54) is 24.3 Å². The number of aldehydes is 1. The highest BCUT2D eigenvalue weighted by molar-refractivity contribution is 6.00. The van der Waals surface area contributed by atoms with Crippen LogP contribution in [0.3, 0.4) is 0 Å². The Labute approximate surface area is 131 Å². The molecule has 0 unspecified atom stereocenters. The van der Waals surface area contributed by atoms with E-state index in [0.717, 1.165) is 17.2 Å². The summed E-state index contributed by atoms with van der Waals surface area (Å²) in [6.07, 6.45) is 2.40. The first-order chi connectivity index (χ1) is 11.1. The fraction of sp³-hybridized carbons (Fsp3) is 0.0588. The van der Waals surface area contributed by atoms with Gasteiger partial charge < -0.3 is 4.57 Å². The number of nitro benzene ring substituents is 1. The topological polar surface area (TPSA) is 82.2 Å². The van der Waals surface area contributed by atoms with Gasteiger partial charge in [0.05, 0.1) is 11.5 Å². The molecule has 0 bridgehead atoms. The predicted octanol–water partition coefficient (Wildman–Crippen LogP) is 3.24. The number of carbonyl (C=O) groups excluding carboxylic acids is 2. The molecule has 0 aliphatic heterocycles. The van der Waals surface area contributed by atoms with Crippen molar-refractivity contribution in [3.8, 4) is 0 Å². The Hall–Kier alpha value is -3.28. The second-order valence-corrected chi connectivity index (χ2v) is 5.07. The van der Waals surface area contributed by atoms with Gasteiger partial charge in [0.15, 0.2) is 12.1 Å². The number of carbonyl (C=O) groups is 2. The van der Waals surface area contributed by atoms with Crippen LogP contribution in [0.25, 0.3) is 10.9 Å². The Bertz CT molecular complexity index is 910. The van der Waals surface area contributed by atoms with Gasteiger partial charge in [0.2, 0.25) is 0 Å². The van der Waals surface area contributed by atoms with Crippen molar-refractivity contribution in [2.45, 2.75) is 6.54 Å². The molecule has 0 spiro atoms. The Morgan fingerprint density at radius 2 is 1.83 bits per heavy atom. The average Bonchev–Trinajstić information content (AvgIpc) is 2.93. The van der Waals surface area contributed by atoms with Gasteiger partial charge in [0.1, 0.15) is 0 Å². The van der Waals surface area contributed by atoms with Gasteiger partial charge in [-0.25, -0.2) is 0 Å². The number of benzene rings is 2. The lowest BCUT2D eigenvalue weighted by molar-refractivity contribution is -0.384. The molecule has 0 radical (unpaired) electrons. The molecule has 0 saturated carbocycles. The maximum atomic E-state index is 12.4. The first kappa shape index (κ1) is 14.6. The molecule has 0 fully saturated rings. The van der Waals surface area contributed by atoms with E-state index in [1.807, 2.05) is 24.3 Å². The average molecular weight is 308 g/mol. The van der Waals surface area contributed by atoms with Gasteiger partial charge >= 0.3 is 0 Å². The zero-order valence-corrected chi connectivity index (χ0v) is 12.0. The molecule has 0 saturated heterocycles. The van der Waals surface area contributed by atoms with Crippen molar-refractivity contribution in [3.05, 3.63) is 76.0 Å². The van der Waals surface area contributed by atoms with Crippen LogP contribution >= 0.6 is 0 Å². The molecular weight excluding hydrogens is 296 g/mol. The number of fused-ring (bicyclic) bond motifs is 1. The Morgan fingerprint density at radius 3 is 2.48 bits per heavy atom. The van der Waals surface area contributed by atoms with Gasteiger partial charge in [-0.05, 0) is 18.2 Å². The lowest BCUT2D eigenvalue weighted by Crippen LogP contribution is -2.09. The van der Waals surface area contributed by atoms with Crippen molar-refractivity contribution in [1.29, 1.82) is 0 Å². The van der Waals surface area contributed by atoms with E-state index in [2.05, 4.69) is 0 Å². The Morgan fingerprint density at radius 1 is 1.13 bits per heavy atom. The van der Waals surface area contributed by atoms with E-state index < -0.39 is 4.92 Å². The van der Waals surface area contributed by atoms with Gasteiger partial charge in [0, 0.05) is 40.4 Å². The third-order valence-electron chi connectivity index (χ3n) is 3.66. The second kappa shape index (κ2) is 5.84. The third kappa shape index (κ3) is 2.74. The Kier molecular flexibility index (Phi) is 3.72. The maximum Gasteiger partial charge on any atom is 0.269 e. The van der Waals surface area contributed by atoms with Crippen LogP contribution in [0.5, 0.6) is 0 Å². The van der Waals surface area contributed by atoms with Gasteiger partial charge in [0.25, 0.3) is 5.69 Å². The molecule has 3 rings (SSSR count). The van der Waals surface area contributed by atoms with Crippen LogP contribution in [0.1, 0.15) is 20.7 Å². The van der Waals surface area contributed by atoms with Crippen LogP contribution in [0.4, 0.5) is 5.69 Å². The molecule has 6 heteroatoms. The van der Waals surface area contributed by atoms with Crippen molar-refractivity contribution in [3.63, 3.8) is 0 Å². The standard InChI is InChI=1S/C17H12N2O4/c20-11-13-9-18(16-4-2-1-3-15(13)16)10-17(21)12-5-7-14(8-6-12)19(22)23/h1-9,11H,10H2. The predicted molar refractivity (Wildman–Crippen MR) is 84.8 cm³/mol. The fourth-order valence-corrected chi connectivity index (χ4v) is 2.51. The van der Waals surface area contributed by atoms with Gasteiger partial charge in [-0.15, -0.1) is 0 Å². The number of hydrogen-bond donors (Lipinski definition) is 0. The maximum absolute atomic E-state index is 12.4. The SMILES string of the molecule is O=Cc1cn(CC(=O)c2ccc([N+](=O)[O-])cc2)c2ccccc12. The van der Waals surface area contributed by atoms with Gasteiger partial charge in [-0.2, -0.15) is 0 Å². The van der Waals surface area contributed by atoms with E-state index in [-0.39, 0.29) is 18.0 Å². The summed E-state index contributed by atoms with van der Waals surface area (Å²) in [5, 5.41) is 11.4. The molecule has 3 aromatic rings. The molecule has 0 aliphatic carbocycles. The highest BCUT2D eigenvalue weighted by Gasteiger charge is 2.13. The molecule has 2 aromatic carbocycles. The summed E-state index contributed by atoms with van der Waals surface area (Å²) in [6, 6.07) is 12.8. The Balaban J connectivity index is 1.91. The number of Topliss-reactive ketones (excluding diaryl/α,β-unsaturated/α-hetero) is 1. The van der Waals surface area contributed by atoms with Gasteiger partial charge in [-0.3, -0.25) is 19.7 Å². The summed E-state index contributed by atoms with van der Waals surface area (Å²) < 4.78 is 1.71. The summed E-state index contributed by atoms with van der Waals surface area (Å²) in [5.41, 5.74) is 1.65.